The summed E-state index contributed by atoms with van der Waals surface area (Å²) in [6.45, 7) is 3.35. The number of piperidine rings is 1. The fourth-order valence-corrected chi connectivity index (χ4v) is 4.82. The van der Waals surface area contributed by atoms with Crippen LogP contribution in [0.4, 0.5) is 0 Å². The molecule has 0 unspecified atom stereocenters. The summed E-state index contributed by atoms with van der Waals surface area (Å²) in [5.74, 6) is 1.66. The lowest BCUT2D eigenvalue weighted by Crippen LogP contribution is -2.58. The van der Waals surface area contributed by atoms with Crippen LogP contribution in [0.3, 0.4) is 0 Å². The van der Waals surface area contributed by atoms with Gasteiger partial charge in [0.25, 0.3) is 0 Å². The molecule has 1 aromatic heterocycles. The quantitative estimate of drug-likeness (QED) is 0.909. The first-order valence-corrected chi connectivity index (χ1v) is 9.01. The molecule has 1 aromatic rings. The maximum absolute atomic E-state index is 11.5. The zero-order valence-corrected chi connectivity index (χ0v) is 13.9. The summed E-state index contributed by atoms with van der Waals surface area (Å²) < 4.78 is 0.965. The third-order valence-electron chi connectivity index (χ3n) is 5.69. The van der Waals surface area contributed by atoms with Crippen LogP contribution in [0.1, 0.15) is 37.7 Å². The van der Waals surface area contributed by atoms with E-state index >= 15 is 0 Å². The molecule has 1 aliphatic heterocycles. The van der Waals surface area contributed by atoms with E-state index in [1.54, 1.807) is 6.20 Å². The van der Waals surface area contributed by atoms with Crippen molar-refractivity contribution in [2.45, 2.75) is 37.7 Å². The van der Waals surface area contributed by atoms with Crippen molar-refractivity contribution in [1.29, 1.82) is 0 Å². The summed E-state index contributed by atoms with van der Waals surface area (Å²) >= 11 is 3.50. The maximum Gasteiger partial charge on any atom is 0.0992 e. The van der Waals surface area contributed by atoms with E-state index in [-0.39, 0.29) is 0 Å². The highest BCUT2D eigenvalue weighted by atomic mass is 79.9. The van der Waals surface area contributed by atoms with Gasteiger partial charge in [-0.05, 0) is 53.6 Å². The molecule has 2 bridgehead atoms. The summed E-state index contributed by atoms with van der Waals surface area (Å²) in [6.07, 6.45) is 10.0. The van der Waals surface area contributed by atoms with E-state index in [1.807, 2.05) is 6.20 Å². The number of rotatable bonds is 3. The van der Waals surface area contributed by atoms with Gasteiger partial charge in [-0.2, -0.15) is 0 Å². The molecule has 114 valence electrons. The Morgan fingerprint density at radius 2 is 1.90 bits per heavy atom. The average molecular weight is 351 g/mol. The second-order valence-corrected chi connectivity index (χ2v) is 8.12. The van der Waals surface area contributed by atoms with Crippen LogP contribution in [0.5, 0.6) is 0 Å². The zero-order valence-electron chi connectivity index (χ0n) is 12.3. The number of pyridine rings is 1. The summed E-state index contributed by atoms with van der Waals surface area (Å²) in [5.41, 5.74) is 0.340. The molecule has 2 aliphatic carbocycles. The molecule has 0 aromatic carbocycles. The van der Waals surface area contributed by atoms with Gasteiger partial charge in [-0.3, -0.25) is 4.98 Å². The van der Waals surface area contributed by atoms with Crippen molar-refractivity contribution in [1.82, 2.24) is 9.88 Å². The Balaban J connectivity index is 1.62. The molecule has 1 saturated heterocycles. The Morgan fingerprint density at radius 3 is 2.52 bits per heavy atom. The molecule has 2 heterocycles. The van der Waals surface area contributed by atoms with Crippen molar-refractivity contribution in [2.24, 2.45) is 17.8 Å². The number of fused-ring (bicyclic) bond motifs is 2. The van der Waals surface area contributed by atoms with E-state index in [0.717, 1.165) is 41.9 Å². The third-order valence-corrected chi connectivity index (χ3v) is 6.12. The number of halogens is 1. The fourth-order valence-electron chi connectivity index (χ4n) is 4.46. The first kappa shape index (κ1) is 14.2. The van der Waals surface area contributed by atoms with Crippen LogP contribution in [0, 0.1) is 17.8 Å². The van der Waals surface area contributed by atoms with Gasteiger partial charge >= 0.3 is 0 Å². The van der Waals surface area contributed by atoms with Crippen molar-refractivity contribution in [3.05, 3.63) is 28.5 Å². The van der Waals surface area contributed by atoms with E-state index < -0.39 is 5.60 Å². The number of nitrogens with zero attached hydrogens (tertiary/aromatic N) is 2. The molecule has 0 radical (unpaired) electrons. The van der Waals surface area contributed by atoms with Crippen LogP contribution in [0.2, 0.25) is 0 Å². The summed E-state index contributed by atoms with van der Waals surface area (Å²) in [5, 5.41) is 11.5. The van der Waals surface area contributed by atoms with Crippen molar-refractivity contribution in [2.75, 3.05) is 19.6 Å². The summed E-state index contributed by atoms with van der Waals surface area (Å²) in [4.78, 5) is 6.91. The third kappa shape index (κ3) is 2.55. The largest absolute Gasteiger partial charge is 0.384 e. The predicted molar refractivity (Wildman–Crippen MR) is 85.8 cm³/mol. The Bertz CT molecular complexity index is 517. The van der Waals surface area contributed by atoms with E-state index in [2.05, 4.69) is 31.9 Å². The molecule has 0 spiro atoms. The van der Waals surface area contributed by atoms with Crippen molar-refractivity contribution >= 4 is 15.9 Å². The van der Waals surface area contributed by atoms with Crippen LogP contribution < -0.4 is 0 Å². The fraction of sp³-hybridized carbons (Fsp3) is 0.706. The minimum absolute atomic E-state index is 0.361. The molecule has 1 N–H and O–H groups in total. The Labute approximate surface area is 134 Å². The molecule has 3 fully saturated rings. The predicted octanol–water partition coefficient (Wildman–Crippen LogP) is 3.17. The van der Waals surface area contributed by atoms with Crippen LogP contribution in [-0.4, -0.2) is 34.6 Å². The van der Waals surface area contributed by atoms with Crippen LogP contribution >= 0.6 is 15.9 Å². The molecule has 3 aliphatic rings. The van der Waals surface area contributed by atoms with Gasteiger partial charge in [0.15, 0.2) is 0 Å². The Morgan fingerprint density at radius 1 is 1.19 bits per heavy atom. The number of hydrogen-bond acceptors (Lipinski definition) is 3. The highest BCUT2D eigenvalue weighted by Gasteiger charge is 2.52. The van der Waals surface area contributed by atoms with Crippen molar-refractivity contribution in [3.63, 3.8) is 0 Å². The van der Waals surface area contributed by atoms with Gasteiger partial charge in [0, 0.05) is 53.9 Å². The highest BCUT2D eigenvalue weighted by Crippen LogP contribution is 2.49. The maximum atomic E-state index is 11.5. The lowest BCUT2D eigenvalue weighted by Gasteiger charge is -2.53. The molecule has 21 heavy (non-hydrogen) atoms. The molecule has 2 saturated carbocycles. The van der Waals surface area contributed by atoms with E-state index in [4.69, 9.17) is 0 Å². The van der Waals surface area contributed by atoms with Crippen LogP contribution in [-0.2, 0) is 5.60 Å². The zero-order chi connectivity index (χ0) is 14.4. The number of aromatic nitrogens is 1. The van der Waals surface area contributed by atoms with Gasteiger partial charge < -0.3 is 10.0 Å². The Kier molecular flexibility index (Phi) is 3.59. The van der Waals surface area contributed by atoms with E-state index in [0.29, 0.717) is 11.8 Å². The first-order chi connectivity index (χ1) is 10.2. The van der Waals surface area contributed by atoms with E-state index in [1.165, 1.54) is 25.8 Å². The number of hydrogen-bond donors (Lipinski definition) is 1. The minimum Gasteiger partial charge on any atom is -0.384 e. The van der Waals surface area contributed by atoms with Crippen LogP contribution in [0.15, 0.2) is 22.9 Å². The SMILES string of the molecule is O[C@@]1(c2cncc(Br)c2)[C@@H]2CCC[C@H]1CN(CC1CC1)C2. The molecule has 3 atom stereocenters. The highest BCUT2D eigenvalue weighted by molar-refractivity contribution is 9.10. The van der Waals surface area contributed by atoms with Gasteiger partial charge in [0.2, 0.25) is 0 Å². The van der Waals surface area contributed by atoms with Gasteiger partial charge in [0.05, 0.1) is 5.60 Å². The standard InChI is InChI=1S/C17H23BrN2O/c18-16-6-15(7-19-8-16)17(21)13-2-1-3-14(17)11-20(10-13)9-12-4-5-12/h6-8,12-14,21H,1-5,9-11H2/t13-,14+,17+. The molecule has 4 heteroatoms. The molecule has 0 amide bonds. The molecular weight excluding hydrogens is 328 g/mol. The van der Waals surface area contributed by atoms with Gasteiger partial charge in [0.1, 0.15) is 0 Å². The van der Waals surface area contributed by atoms with E-state index in [9.17, 15) is 5.11 Å². The summed E-state index contributed by atoms with van der Waals surface area (Å²) in [6, 6.07) is 2.06. The van der Waals surface area contributed by atoms with Gasteiger partial charge in [-0.25, -0.2) is 0 Å². The van der Waals surface area contributed by atoms with Gasteiger partial charge in [-0.15, -0.1) is 0 Å². The summed E-state index contributed by atoms with van der Waals surface area (Å²) in [7, 11) is 0. The lowest BCUT2D eigenvalue weighted by atomic mass is 9.63. The van der Waals surface area contributed by atoms with Crippen molar-refractivity contribution < 1.29 is 5.11 Å². The monoisotopic (exact) mass is 350 g/mol. The van der Waals surface area contributed by atoms with Crippen LogP contribution in [0.25, 0.3) is 0 Å². The number of aliphatic hydroxyl groups is 1. The normalized spacial score (nSPS) is 36.7. The number of likely N-dealkylation sites (tertiary alicyclic amines) is 1. The molecule has 3 nitrogen and oxygen atoms in total. The first-order valence-electron chi connectivity index (χ1n) is 8.22. The smallest absolute Gasteiger partial charge is 0.0992 e. The lowest BCUT2D eigenvalue weighted by molar-refractivity contribution is -0.147. The molecule has 4 rings (SSSR count). The van der Waals surface area contributed by atoms with Gasteiger partial charge in [-0.1, -0.05) is 6.42 Å². The second kappa shape index (κ2) is 5.32. The average Bonchev–Trinajstić information content (AvgIpc) is 3.24. The second-order valence-electron chi connectivity index (χ2n) is 7.20. The minimum atomic E-state index is -0.672. The topological polar surface area (TPSA) is 36.4 Å². The van der Waals surface area contributed by atoms with Crippen molar-refractivity contribution in [3.8, 4) is 0 Å². The Hall–Kier alpha value is -0.450. The molecular formula is C17H23BrN2O.